The predicted molar refractivity (Wildman–Crippen MR) is 89.5 cm³/mol. The van der Waals surface area contributed by atoms with Crippen LogP contribution in [0.4, 0.5) is 0 Å². The van der Waals surface area contributed by atoms with E-state index in [9.17, 15) is 14.7 Å². The predicted octanol–water partition coefficient (Wildman–Crippen LogP) is 3.64. The van der Waals surface area contributed by atoms with Gasteiger partial charge in [0.15, 0.2) is 5.76 Å². The average Bonchev–Trinajstić information content (AvgIpc) is 2.75. The summed E-state index contributed by atoms with van der Waals surface area (Å²) in [4.78, 5) is 25.6. The van der Waals surface area contributed by atoms with Crippen LogP contribution in [-0.4, -0.2) is 23.0 Å². The van der Waals surface area contributed by atoms with E-state index < -0.39 is 17.1 Å². The first-order chi connectivity index (χ1) is 11.0. The molecule has 1 aliphatic heterocycles. The van der Waals surface area contributed by atoms with Crippen molar-refractivity contribution < 1.29 is 14.3 Å². The zero-order chi connectivity index (χ0) is 17.0. The molecule has 1 aromatic heterocycles. The first-order valence-electron chi connectivity index (χ1n) is 7.99. The van der Waals surface area contributed by atoms with Crippen molar-refractivity contribution >= 4 is 12.0 Å². The van der Waals surface area contributed by atoms with Gasteiger partial charge in [0.2, 0.25) is 11.2 Å². The molecule has 1 unspecified atom stereocenters. The van der Waals surface area contributed by atoms with Gasteiger partial charge >= 0.3 is 0 Å². The van der Waals surface area contributed by atoms with Crippen molar-refractivity contribution in [2.45, 2.75) is 45.6 Å². The van der Waals surface area contributed by atoms with Gasteiger partial charge in [-0.15, -0.1) is 0 Å². The van der Waals surface area contributed by atoms with Gasteiger partial charge in [0.1, 0.15) is 11.3 Å². The van der Waals surface area contributed by atoms with Crippen LogP contribution in [0.3, 0.4) is 0 Å². The molecule has 5 heteroatoms. The lowest BCUT2D eigenvalue weighted by atomic mass is 10.1. The Kier molecular flexibility index (Phi) is 5.42. The highest BCUT2D eigenvalue weighted by atomic mass is 16.4. The summed E-state index contributed by atoms with van der Waals surface area (Å²) in [6, 6.07) is -0.317. The fraction of sp³-hybridized carbons (Fsp3) is 0.444. The maximum atomic E-state index is 12.2. The van der Waals surface area contributed by atoms with E-state index in [0.717, 1.165) is 12.8 Å². The summed E-state index contributed by atoms with van der Waals surface area (Å²) in [5.41, 5.74) is -0.733. The van der Waals surface area contributed by atoms with E-state index >= 15 is 0 Å². The summed E-state index contributed by atoms with van der Waals surface area (Å²) in [6.45, 7) is 3.94. The maximum absolute atomic E-state index is 12.2. The first-order valence-corrected chi connectivity index (χ1v) is 7.99. The Morgan fingerprint density at radius 2 is 2.00 bits per heavy atom. The molecule has 0 radical (unpaired) electrons. The second-order valence-corrected chi connectivity index (χ2v) is 5.76. The van der Waals surface area contributed by atoms with E-state index in [4.69, 9.17) is 4.42 Å². The summed E-state index contributed by atoms with van der Waals surface area (Å²) < 4.78 is 5.60. The largest absolute Gasteiger partial charge is 0.502 e. The second kappa shape index (κ2) is 7.31. The Bertz CT molecular complexity index is 700. The molecule has 1 atom stereocenters. The van der Waals surface area contributed by atoms with E-state index in [1.54, 1.807) is 26.1 Å². The molecule has 124 valence electrons. The van der Waals surface area contributed by atoms with Crippen molar-refractivity contribution in [1.82, 2.24) is 4.90 Å². The van der Waals surface area contributed by atoms with Crippen LogP contribution in [0.25, 0.3) is 6.08 Å². The summed E-state index contributed by atoms with van der Waals surface area (Å²) in [6.07, 6.45) is 11.7. The molecule has 0 fully saturated rings. The monoisotopic (exact) mass is 317 g/mol. The van der Waals surface area contributed by atoms with Crippen molar-refractivity contribution in [2.24, 2.45) is 0 Å². The normalized spacial score (nSPS) is 17.6. The first kappa shape index (κ1) is 17.1. The third kappa shape index (κ3) is 3.38. The Morgan fingerprint density at radius 1 is 1.26 bits per heavy atom. The summed E-state index contributed by atoms with van der Waals surface area (Å²) in [5, 5.41) is 9.97. The Balaban J connectivity index is 2.21. The van der Waals surface area contributed by atoms with Gasteiger partial charge < -0.3 is 14.4 Å². The number of carbonyl (C=O) groups is 1. The summed E-state index contributed by atoms with van der Waals surface area (Å²) >= 11 is 0. The number of unbranched alkanes of at least 4 members (excludes halogenated alkanes) is 3. The number of hydrogen-bond donors (Lipinski definition) is 1. The topological polar surface area (TPSA) is 70.7 Å². The van der Waals surface area contributed by atoms with E-state index in [1.165, 1.54) is 17.7 Å². The van der Waals surface area contributed by atoms with Crippen LogP contribution in [0.1, 0.15) is 67.5 Å². The third-order valence-electron chi connectivity index (χ3n) is 4.11. The molecule has 1 aliphatic rings. The van der Waals surface area contributed by atoms with E-state index in [0.29, 0.717) is 5.76 Å². The third-order valence-corrected chi connectivity index (χ3v) is 4.11. The molecular weight excluding hydrogens is 294 g/mol. The van der Waals surface area contributed by atoms with Crippen LogP contribution in [0.2, 0.25) is 0 Å². The molecule has 0 aliphatic carbocycles. The number of fused-ring (bicyclic) bond motifs is 1. The zero-order valence-corrected chi connectivity index (χ0v) is 13.8. The van der Waals surface area contributed by atoms with Crippen LogP contribution < -0.4 is 5.43 Å². The minimum Gasteiger partial charge on any atom is -0.502 e. The Hall–Kier alpha value is -2.30. The molecule has 2 rings (SSSR count). The van der Waals surface area contributed by atoms with Crippen LogP contribution in [0.15, 0.2) is 27.4 Å². The Morgan fingerprint density at radius 3 is 2.70 bits per heavy atom. The van der Waals surface area contributed by atoms with Gasteiger partial charge in [-0.1, -0.05) is 38.0 Å². The highest BCUT2D eigenvalue weighted by molar-refractivity contribution is 5.98. The lowest BCUT2D eigenvalue weighted by Crippen LogP contribution is -2.23. The van der Waals surface area contributed by atoms with Gasteiger partial charge in [-0.3, -0.25) is 9.59 Å². The molecule has 5 nitrogen and oxygen atoms in total. The summed E-state index contributed by atoms with van der Waals surface area (Å²) in [5.74, 6) is -0.535. The number of nitrogens with zero attached hydrogens (tertiary/aromatic N) is 1. The number of rotatable bonds is 6. The van der Waals surface area contributed by atoms with Gasteiger partial charge in [0.05, 0.1) is 6.04 Å². The standard InChI is InChI=1S/C18H23NO4/c1-4-5-6-7-8-9-10-11-13-15(20)16(21)14-17(23-13)12(2)19(3)18(14)22/h8-12,20H,4-7H2,1-3H3. The van der Waals surface area contributed by atoms with Crippen LogP contribution in [0, 0.1) is 0 Å². The quantitative estimate of drug-likeness (QED) is 0.642. The molecule has 0 bridgehead atoms. The van der Waals surface area contributed by atoms with Crippen LogP contribution in [0.5, 0.6) is 5.75 Å². The minimum atomic E-state index is -0.668. The van der Waals surface area contributed by atoms with Crippen molar-refractivity contribution in [1.29, 1.82) is 0 Å². The molecule has 1 aromatic rings. The van der Waals surface area contributed by atoms with Crippen LogP contribution >= 0.6 is 0 Å². The number of allylic oxidation sites excluding steroid dienone is 3. The summed E-state index contributed by atoms with van der Waals surface area (Å²) in [7, 11) is 1.60. The minimum absolute atomic E-state index is 0.0650. The van der Waals surface area contributed by atoms with Crippen LogP contribution in [-0.2, 0) is 0 Å². The lowest BCUT2D eigenvalue weighted by Gasteiger charge is -2.13. The molecule has 0 saturated carbocycles. The molecule has 2 heterocycles. The lowest BCUT2D eigenvalue weighted by molar-refractivity contribution is 0.0779. The van der Waals surface area contributed by atoms with E-state index in [-0.39, 0.29) is 17.4 Å². The molecule has 0 aromatic carbocycles. The fourth-order valence-electron chi connectivity index (χ4n) is 2.53. The molecule has 1 amide bonds. The Labute approximate surface area is 135 Å². The molecular formula is C18H23NO4. The van der Waals surface area contributed by atoms with Gasteiger partial charge in [0.25, 0.3) is 5.91 Å². The zero-order valence-electron chi connectivity index (χ0n) is 13.8. The smallest absolute Gasteiger partial charge is 0.261 e. The number of aromatic hydroxyl groups is 1. The molecule has 0 spiro atoms. The maximum Gasteiger partial charge on any atom is 0.261 e. The number of carbonyl (C=O) groups excluding carboxylic acids is 1. The van der Waals surface area contributed by atoms with Gasteiger partial charge in [-0.25, -0.2) is 0 Å². The van der Waals surface area contributed by atoms with Crippen molar-refractivity contribution in [3.8, 4) is 5.75 Å². The number of amides is 1. The van der Waals surface area contributed by atoms with E-state index in [1.807, 2.05) is 12.2 Å². The van der Waals surface area contributed by atoms with E-state index in [2.05, 4.69) is 6.92 Å². The van der Waals surface area contributed by atoms with Gasteiger partial charge in [0, 0.05) is 7.05 Å². The van der Waals surface area contributed by atoms with Crippen molar-refractivity contribution in [3.63, 3.8) is 0 Å². The van der Waals surface area contributed by atoms with Crippen molar-refractivity contribution in [3.05, 3.63) is 45.5 Å². The molecule has 1 N–H and O–H groups in total. The van der Waals surface area contributed by atoms with Gasteiger partial charge in [-0.05, 0) is 25.8 Å². The van der Waals surface area contributed by atoms with Gasteiger partial charge in [-0.2, -0.15) is 0 Å². The number of hydrogen-bond acceptors (Lipinski definition) is 4. The highest BCUT2D eigenvalue weighted by Gasteiger charge is 2.37. The fourth-order valence-corrected chi connectivity index (χ4v) is 2.53. The average molecular weight is 317 g/mol. The SMILES string of the molecule is CCCCCC=CC=Cc1oc2c(c(=O)c1O)C(=O)N(C)C2C. The van der Waals surface area contributed by atoms with Crippen molar-refractivity contribution in [2.75, 3.05) is 7.05 Å². The second-order valence-electron chi connectivity index (χ2n) is 5.76. The molecule has 0 saturated heterocycles. The molecule has 23 heavy (non-hydrogen) atoms. The highest BCUT2D eigenvalue weighted by Crippen LogP contribution is 2.33.